The quantitative estimate of drug-likeness (QED) is 0.875. The summed E-state index contributed by atoms with van der Waals surface area (Å²) in [4.78, 5) is 4.27. The molecule has 5 rings (SSSR count). The summed E-state index contributed by atoms with van der Waals surface area (Å²) >= 11 is 0. The van der Waals surface area contributed by atoms with Crippen molar-refractivity contribution in [2.45, 2.75) is 50.6 Å². The van der Waals surface area contributed by atoms with Crippen LogP contribution in [-0.2, 0) is 6.54 Å². The minimum Gasteiger partial charge on any atom is -0.378 e. The van der Waals surface area contributed by atoms with E-state index in [9.17, 15) is 0 Å². The molecule has 0 amide bonds. The fourth-order valence-corrected chi connectivity index (χ4v) is 5.26. The first-order valence-corrected chi connectivity index (χ1v) is 7.67. The number of aromatic nitrogens is 1. The van der Waals surface area contributed by atoms with E-state index in [1.54, 1.807) is 0 Å². The average molecular weight is 257 g/mol. The first-order valence-electron chi connectivity index (χ1n) is 7.67. The fourth-order valence-electron chi connectivity index (χ4n) is 5.26. The molecular weight excluding hydrogens is 234 g/mol. The van der Waals surface area contributed by atoms with Crippen molar-refractivity contribution < 1.29 is 0 Å². The van der Waals surface area contributed by atoms with Crippen LogP contribution in [0.4, 0.5) is 5.69 Å². The van der Waals surface area contributed by atoms with Crippen molar-refractivity contribution >= 4 is 5.69 Å². The van der Waals surface area contributed by atoms with Crippen molar-refractivity contribution in [3.8, 4) is 0 Å². The predicted octanol–water partition coefficient (Wildman–Crippen LogP) is 2.92. The zero-order chi connectivity index (χ0) is 12.9. The second-order valence-corrected chi connectivity index (χ2v) is 7.06. The molecule has 1 aromatic heterocycles. The van der Waals surface area contributed by atoms with E-state index < -0.39 is 0 Å². The van der Waals surface area contributed by atoms with E-state index in [4.69, 9.17) is 5.73 Å². The maximum absolute atomic E-state index is 5.85. The molecule has 0 atom stereocenters. The molecule has 3 nitrogen and oxygen atoms in total. The number of nitrogens with one attached hydrogen (secondary N) is 1. The van der Waals surface area contributed by atoms with Gasteiger partial charge < -0.3 is 11.1 Å². The predicted molar refractivity (Wildman–Crippen MR) is 76.7 cm³/mol. The number of hydrogen-bond donors (Lipinski definition) is 2. The number of hydrogen-bond acceptors (Lipinski definition) is 3. The van der Waals surface area contributed by atoms with E-state index in [0.717, 1.165) is 17.8 Å². The topological polar surface area (TPSA) is 50.9 Å². The van der Waals surface area contributed by atoms with Crippen LogP contribution in [0.2, 0.25) is 0 Å². The Morgan fingerprint density at radius 2 is 1.79 bits per heavy atom. The van der Waals surface area contributed by atoms with Gasteiger partial charge in [-0.05, 0) is 67.9 Å². The molecule has 1 aromatic rings. The molecule has 0 radical (unpaired) electrons. The largest absolute Gasteiger partial charge is 0.378 e. The summed E-state index contributed by atoms with van der Waals surface area (Å²) in [6.07, 6.45) is 12.3. The fraction of sp³-hybridized carbons (Fsp3) is 0.688. The Hall–Kier alpha value is -1.09. The third-order valence-electron chi connectivity index (χ3n) is 5.57. The molecule has 4 aliphatic rings. The van der Waals surface area contributed by atoms with E-state index in [1.807, 2.05) is 18.5 Å². The highest BCUT2D eigenvalue weighted by Crippen LogP contribution is 2.56. The summed E-state index contributed by atoms with van der Waals surface area (Å²) in [6.45, 7) is 0.594. The van der Waals surface area contributed by atoms with Crippen LogP contribution in [0.1, 0.15) is 44.1 Å². The number of nitrogens with zero attached hydrogens (tertiary/aromatic N) is 1. The van der Waals surface area contributed by atoms with Gasteiger partial charge in [0.1, 0.15) is 0 Å². The number of rotatable bonds is 3. The summed E-state index contributed by atoms with van der Waals surface area (Å²) in [5.74, 6) is 2.91. The molecule has 0 aromatic carbocycles. The van der Waals surface area contributed by atoms with Gasteiger partial charge in [0.25, 0.3) is 0 Å². The van der Waals surface area contributed by atoms with Gasteiger partial charge in [0.15, 0.2) is 0 Å². The maximum Gasteiger partial charge on any atom is 0.0576 e. The molecule has 1 heterocycles. The van der Waals surface area contributed by atoms with Gasteiger partial charge in [0, 0.05) is 18.3 Å². The minimum atomic E-state index is 0.349. The SMILES string of the molecule is NCc1ccncc1NC12CC3CC(CC(C3)C1)C2. The molecule has 0 spiro atoms. The van der Waals surface area contributed by atoms with Crippen LogP contribution in [0, 0.1) is 17.8 Å². The van der Waals surface area contributed by atoms with Crippen LogP contribution in [0.3, 0.4) is 0 Å². The molecule has 3 N–H and O–H groups in total. The standard InChI is InChI=1S/C16H23N3/c17-9-14-1-2-18-10-15(14)19-16-6-11-3-12(7-16)5-13(4-11)8-16/h1-2,10-13,19H,3-9,17H2. The number of anilines is 1. The Labute approximate surface area is 115 Å². The van der Waals surface area contributed by atoms with Crippen LogP contribution in [0.5, 0.6) is 0 Å². The lowest BCUT2D eigenvalue weighted by Crippen LogP contribution is -2.54. The molecule has 4 saturated carbocycles. The van der Waals surface area contributed by atoms with Gasteiger partial charge in [-0.2, -0.15) is 0 Å². The van der Waals surface area contributed by atoms with E-state index >= 15 is 0 Å². The summed E-state index contributed by atoms with van der Waals surface area (Å²) < 4.78 is 0. The zero-order valence-corrected chi connectivity index (χ0v) is 11.4. The van der Waals surface area contributed by atoms with Gasteiger partial charge in [0.05, 0.1) is 11.9 Å². The van der Waals surface area contributed by atoms with Gasteiger partial charge in [-0.25, -0.2) is 0 Å². The Morgan fingerprint density at radius 1 is 1.16 bits per heavy atom. The average Bonchev–Trinajstić information content (AvgIpc) is 2.37. The highest BCUT2D eigenvalue weighted by molar-refractivity contribution is 5.51. The van der Waals surface area contributed by atoms with Crippen LogP contribution < -0.4 is 11.1 Å². The van der Waals surface area contributed by atoms with E-state index in [1.165, 1.54) is 49.8 Å². The third kappa shape index (κ3) is 1.95. The van der Waals surface area contributed by atoms with Crippen LogP contribution in [0.15, 0.2) is 18.5 Å². The molecule has 4 aliphatic carbocycles. The molecule has 4 fully saturated rings. The smallest absolute Gasteiger partial charge is 0.0576 e. The van der Waals surface area contributed by atoms with E-state index in [-0.39, 0.29) is 0 Å². The maximum atomic E-state index is 5.85. The first kappa shape index (κ1) is 11.7. The summed E-state index contributed by atoms with van der Waals surface area (Å²) in [5.41, 5.74) is 8.57. The molecule has 4 bridgehead atoms. The normalized spacial score (nSPS) is 39.5. The lowest BCUT2D eigenvalue weighted by molar-refractivity contribution is 0.0107. The first-order chi connectivity index (χ1) is 9.26. The van der Waals surface area contributed by atoms with Gasteiger partial charge in [-0.1, -0.05) is 0 Å². The van der Waals surface area contributed by atoms with Crippen molar-refractivity contribution in [3.05, 3.63) is 24.0 Å². The van der Waals surface area contributed by atoms with Gasteiger partial charge in [0.2, 0.25) is 0 Å². The second kappa shape index (κ2) is 4.20. The minimum absolute atomic E-state index is 0.349. The molecule has 0 saturated heterocycles. The third-order valence-corrected chi connectivity index (χ3v) is 5.57. The number of pyridine rings is 1. The molecule has 0 unspecified atom stereocenters. The van der Waals surface area contributed by atoms with Crippen LogP contribution in [0.25, 0.3) is 0 Å². The Bertz CT molecular complexity index is 447. The van der Waals surface area contributed by atoms with Crippen molar-refractivity contribution in [1.29, 1.82) is 0 Å². The molecule has 102 valence electrons. The molecular formula is C16H23N3. The molecule has 3 heteroatoms. The van der Waals surface area contributed by atoms with Crippen molar-refractivity contribution in [2.75, 3.05) is 5.32 Å². The number of nitrogens with two attached hydrogens (primary N) is 1. The van der Waals surface area contributed by atoms with Crippen LogP contribution >= 0.6 is 0 Å². The van der Waals surface area contributed by atoms with Gasteiger partial charge in [-0.15, -0.1) is 0 Å². The van der Waals surface area contributed by atoms with Crippen molar-refractivity contribution in [3.63, 3.8) is 0 Å². The van der Waals surface area contributed by atoms with Crippen molar-refractivity contribution in [1.82, 2.24) is 4.98 Å². The monoisotopic (exact) mass is 257 g/mol. The van der Waals surface area contributed by atoms with E-state index in [2.05, 4.69) is 10.3 Å². The van der Waals surface area contributed by atoms with E-state index in [0.29, 0.717) is 12.1 Å². The Kier molecular flexibility index (Phi) is 2.59. The summed E-state index contributed by atoms with van der Waals surface area (Å²) in [5, 5.41) is 3.86. The van der Waals surface area contributed by atoms with Gasteiger partial charge >= 0.3 is 0 Å². The van der Waals surface area contributed by atoms with Crippen LogP contribution in [-0.4, -0.2) is 10.5 Å². The molecule has 19 heavy (non-hydrogen) atoms. The Morgan fingerprint density at radius 3 is 2.37 bits per heavy atom. The summed E-state index contributed by atoms with van der Waals surface area (Å²) in [6, 6.07) is 2.04. The zero-order valence-electron chi connectivity index (χ0n) is 11.4. The van der Waals surface area contributed by atoms with Crippen molar-refractivity contribution in [2.24, 2.45) is 23.5 Å². The lowest BCUT2D eigenvalue weighted by Gasteiger charge is -2.57. The second-order valence-electron chi connectivity index (χ2n) is 7.06. The molecule has 0 aliphatic heterocycles. The lowest BCUT2D eigenvalue weighted by atomic mass is 9.53. The highest BCUT2D eigenvalue weighted by Gasteiger charge is 2.50. The Balaban J connectivity index is 1.62. The summed E-state index contributed by atoms with van der Waals surface area (Å²) in [7, 11) is 0. The highest BCUT2D eigenvalue weighted by atomic mass is 15.0. The van der Waals surface area contributed by atoms with Gasteiger partial charge in [-0.3, -0.25) is 4.98 Å².